The second kappa shape index (κ2) is 7.21. The van der Waals surface area contributed by atoms with Gasteiger partial charge in [0.25, 0.3) is 0 Å². The van der Waals surface area contributed by atoms with Crippen LogP contribution in [0.4, 0.5) is 0 Å². The van der Waals surface area contributed by atoms with Crippen molar-refractivity contribution in [3.8, 4) is 0 Å². The van der Waals surface area contributed by atoms with Crippen molar-refractivity contribution < 1.29 is 4.79 Å². The zero-order valence-corrected chi connectivity index (χ0v) is 13.2. The van der Waals surface area contributed by atoms with Crippen molar-refractivity contribution in [2.45, 2.75) is 53.0 Å². The van der Waals surface area contributed by atoms with E-state index < -0.39 is 0 Å². The number of aryl methyl sites for hydroxylation is 3. The van der Waals surface area contributed by atoms with Crippen molar-refractivity contribution in [3.05, 3.63) is 52.8 Å². The molecule has 0 spiro atoms. The molecule has 0 N–H and O–H groups in total. The van der Waals surface area contributed by atoms with Crippen LogP contribution in [0, 0.1) is 6.92 Å². The summed E-state index contributed by atoms with van der Waals surface area (Å²) in [6.45, 7) is 6.56. The molecule has 112 valence electrons. The Hall–Kier alpha value is -1.90. The molecule has 0 radical (unpaired) electrons. The molecule has 3 heteroatoms. The third-order valence-corrected chi connectivity index (χ3v) is 3.74. The highest BCUT2D eigenvalue weighted by Crippen LogP contribution is 2.11. The Morgan fingerprint density at radius 3 is 2.52 bits per heavy atom. The van der Waals surface area contributed by atoms with Crippen LogP contribution in [0.2, 0.25) is 0 Å². The molecular weight excluding hydrogens is 260 g/mol. The van der Waals surface area contributed by atoms with Crippen LogP contribution in [0.15, 0.2) is 30.3 Å². The van der Waals surface area contributed by atoms with Gasteiger partial charge in [0.15, 0.2) is 5.78 Å². The van der Waals surface area contributed by atoms with Gasteiger partial charge in [-0.2, -0.15) is 5.10 Å². The quantitative estimate of drug-likeness (QED) is 0.721. The standard InChI is InChI=1S/C18H24N2O/c1-4-6-7-15-8-10-16(11-9-15)18(21)13-20-17(5-2)12-14(3)19-20/h8-12H,4-7,13H2,1-3H3. The second-order valence-electron chi connectivity index (χ2n) is 5.51. The average Bonchev–Trinajstić information content (AvgIpc) is 2.85. The molecule has 0 aliphatic carbocycles. The highest BCUT2D eigenvalue weighted by Gasteiger charge is 2.10. The van der Waals surface area contributed by atoms with E-state index in [0.29, 0.717) is 6.54 Å². The van der Waals surface area contributed by atoms with E-state index in [1.807, 2.05) is 29.8 Å². The van der Waals surface area contributed by atoms with Gasteiger partial charge in [0, 0.05) is 11.3 Å². The first kappa shape index (κ1) is 15.5. The Kier molecular flexibility index (Phi) is 5.32. The minimum absolute atomic E-state index is 0.120. The summed E-state index contributed by atoms with van der Waals surface area (Å²) >= 11 is 0. The number of ketones is 1. The molecular formula is C18H24N2O. The molecule has 0 amide bonds. The number of carbonyl (C=O) groups is 1. The van der Waals surface area contributed by atoms with E-state index in [4.69, 9.17) is 0 Å². The Bertz CT molecular complexity index is 596. The molecule has 0 aliphatic rings. The van der Waals surface area contributed by atoms with E-state index in [2.05, 4.69) is 31.1 Å². The maximum atomic E-state index is 12.4. The Labute approximate surface area is 127 Å². The van der Waals surface area contributed by atoms with E-state index in [0.717, 1.165) is 29.8 Å². The van der Waals surface area contributed by atoms with Gasteiger partial charge in [-0.1, -0.05) is 44.5 Å². The first-order valence-corrected chi connectivity index (χ1v) is 7.79. The predicted octanol–water partition coefficient (Wildman–Crippen LogP) is 3.98. The van der Waals surface area contributed by atoms with Crippen molar-refractivity contribution in [2.24, 2.45) is 0 Å². The normalized spacial score (nSPS) is 10.8. The van der Waals surface area contributed by atoms with Gasteiger partial charge in [-0.15, -0.1) is 0 Å². The lowest BCUT2D eigenvalue weighted by atomic mass is 10.0. The summed E-state index contributed by atoms with van der Waals surface area (Å²) in [6, 6.07) is 10.1. The third kappa shape index (κ3) is 4.03. The number of hydrogen-bond acceptors (Lipinski definition) is 2. The first-order valence-electron chi connectivity index (χ1n) is 7.79. The molecule has 1 aromatic carbocycles. The number of aromatic nitrogens is 2. The summed E-state index contributed by atoms with van der Waals surface area (Å²) in [5, 5.41) is 4.40. The molecule has 0 unspecified atom stereocenters. The summed E-state index contributed by atoms with van der Waals surface area (Å²) in [5.74, 6) is 0.120. The Morgan fingerprint density at radius 1 is 1.19 bits per heavy atom. The molecule has 2 aromatic rings. The average molecular weight is 284 g/mol. The van der Waals surface area contributed by atoms with Crippen LogP contribution in [0.5, 0.6) is 0 Å². The second-order valence-corrected chi connectivity index (χ2v) is 5.51. The molecule has 2 rings (SSSR count). The minimum atomic E-state index is 0.120. The zero-order chi connectivity index (χ0) is 15.2. The third-order valence-electron chi connectivity index (χ3n) is 3.74. The van der Waals surface area contributed by atoms with E-state index in [-0.39, 0.29) is 5.78 Å². The van der Waals surface area contributed by atoms with E-state index in [9.17, 15) is 4.79 Å². The van der Waals surface area contributed by atoms with E-state index >= 15 is 0 Å². The van der Waals surface area contributed by atoms with Crippen molar-refractivity contribution >= 4 is 5.78 Å². The predicted molar refractivity (Wildman–Crippen MR) is 85.7 cm³/mol. The first-order chi connectivity index (χ1) is 10.1. The smallest absolute Gasteiger partial charge is 0.184 e. The van der Waals surface area contributed by atoms with Gasteiger partial charge in [-0.3, -0.25) is 9.48 Å². The maximum absolute atomic E-state index is 12.4. The van der Waals surface area contributed by atoms with Crippen LogP contribution < -0.4 is 0 Å². The molecule has 0 fully saturated rings. The molecule has 21 heavy (non-hydrogen) atoms. The van der Waals surface area contributed by atoms with Crippen LogP contribution in [0.25, 0.3) is 0 Å². The van der Waals surface area contributed by atoms with Gasteiger partial charge >= 0.3 is 0 Å². The SMILES string of the molecule is CCCCc1ccc(C(=O)Cn2nc(C)cc2CC)cc1. The Balaban J connectivity index is 2.06. The highest BCUT2D eigenvalue weighted by molar-refractivity contribution is 5.95. The zero-order valence-electron chi connectivity index (χ0n) is 13.2. The maximum Gasteiger partial charge on any atom is 0.184 e. The molecule has 0 atom stereocenters. The highest BCUT2D eigenvalue weighted by atomic mass is 16.1. The Morgan fingerprint density at radius 2 is 1.90 bits per heavy atom. The van der Waals surface area contributed by atoms with Crippen molar-refractivity contribution in [1.29, 1.82) is 0 Å². The number of rotatable bonds is 7. The van der Waals surface area contributed by atoms with E-state index in [1.165, 1.54) is 18.4 Å². The molecule has 0 aliphatic heterocycles. The lowest BCUT2D eigenvalue weighted by Crippen LogP contribution is -2.14. The topological polar surface area (TPSA) is 34.9 Å². The van der Waals surface area contributed by atoms with Crippen LogP contribution >= 0.6 is 0 Å². The number of nitrogens with zero attached hydrogens (tertiary/aromatic N) is 2. The number of carbonyl (C=O) groups excluding carboxylic acids is 1. The molecule has 0 saturated carbocycles. The van der Waals surface area contributed by atoms with Gasteiger partial charge in [0.2, 0.25) is 0 Å². The van der Waals surface area contributed by atoms with Gasteiger partial charge in [-0.25, -0.2) is 0 Å². The minimum Gasteiger partial charge on any atom is -0.292 e. The summed E-state index contributed by atoms with van der Waals surface area (Å²) in [6.07, 6.45) is 4.37. The van der Waals surface area contributed by atoms with Gasteiger partial charge in [0.05, 0.1) is 5.69 Å². The summed E-state index contributed by atoms with van der Waals surface area (Å²) in [5.41, 5.74) is 4.15. The van der Waals surface area contributed by atoms with Crippen molar-refractivity contribution in [3.63, 3.8) is 0 Å². The fourth-order valence-electron chi connectivity index (χ4n) is 2.49. The summed E-state index contributed by atoms with van der Waals surface area (Å²) < 4.78 is 1.82. The number of hydrogen-bond donors (Lipinski definition) is 0. The van der Waals surface area contributed by atoms with Crippen molar-refractivity contribution in [2.75, 3.05) is 0 Å². The monoisotopic (exact) mass is 284 g/mol. The van der Waals surface area contributed by atoms with Crippen LogP contribution in [0.1, 0.15) is 54.0 Å². The molecule has 1 aromatic heterocycles. The fraction of sp³-hybridized carbons (Fsp3) is 0.444. The largest absolute Gasteiger partial charge is 0.292 e. The lowest BCUT2D eigenvalue weighted by molar-refractivity contribution is 0.0966. The number of Topliss-reactive ketones (excluding diaryl/α,β-unsaturated/α-hetero) is 1. The van der Waals surface area contributed by atoms with Crippen molar-refractivity contribution in [1.82, 2.24) is 9.78 Å². The van der Waals surface area contributed by atoms with Gasteiger partial charge < -0.3 is 0 Å². The van der Waals surface area contributed by atoms with Gasteiger partial charge in [0.1, 0.15) is 6.54 Å². The molecule has 0 saturated heterocycles. The van der Waals surface area contributed by atoms with Crippen LogP contribution in [-0.4, -0.2) is 15.6 Å². The van der Waals surface area contributed by atoms with Crippen LogP contribution in [-0.2, 0) is 19.4 Å². The van der Waals surface area contributed by atoms with E-state index in [1.54, 1.807) is 0 Å². The molecule has 3 nitrogen and oxygen atoms in total. The molecule has 0 bridgehead atoms. The lowest BCUT2D eigenvalue weighted by Gasteiger charge is -2.06. The van der Waals surface area contributed by atoms with Gasteiger partial charge in [-0.05, 0) is 37.8 Å². The van der Waals surface area contributed by atoms with Crippen LogP contribution in [0.3, 0.4) is 0 Å². The molecule has 1 heterocycles. The fourth-order valence-corrected chi connectivity index (χ4v) is 2.49. The number of unbranched alkanes of at least 4 members (excludes halogenated alkanes) is 1. The summed E-state index contributed by atoms with van der Waals surface area (Å²) in [4.78, 5) is 12.4. The summed E-state index contributed by atoms with van der Waals surface area (Å²) in [7, 11) is 0. The number of benzene rings is 1.